The smallest absolute Gasteiger partial charge is 0.251 e. The monoisotopic (exact) mass is 235 g/mol. The molecule has 5 nitrogen and oxygen atoms in total. The van der Waals surface area contributed by atoms with Crippen molar-refractivity contribution in [2.45, 2.75) is 12.5 Å². The Labute approximate surface area is 100 Å². The number of carbonyl (C=O) groups excluding carboxylic acids is 1. The van der Waals surface area contributed by atoms with Crippen LogP contribution in [0.25, 0.3) is 0 Å². The van der Waals surface area contributed by atoms with E-state index in [1.807, 2.05) is 12.1 Å². The Morgan fingerprint density at radius 3 is 2.71 bits per heavy atom. The van der Waals surface area contributed by atoms with Gasteiger partial charge in [0.1, 0.15) is 6.10 Å². The second kappa shape index (κ2) is 5.75. The van der Waals surface area contributed by atoms with E-state index in [9.17, 15) is 9.90 Å². The van der Waals surface area contributed by atoms with Gasteiger partial charge >= 0.3 is 0 Å². The van der Waals surface area contributed by atoms with Crippen molar-refractivity contribution in [3.8, 4) is 0 Å². The molecule has 17 heavy (non-hydrogen) atoms. The summed E-state index contributed by atoms with van der Waals surface area (Å²) in [6, 6.07) is 3.63. The van der Waals surface area contributed by atoms with Crippen LogP contribution in [0.15, 0.2) is 24.5 Å². The fourth-order valence-corrected chi connectivity index (χ4v) is 1.93. The van der Waals surface area contributed by atoms with Gasteiger partial charge in [-0.05, 0) is 17.7 Å². The van der Waals surface area contributed by atoms with Crippen molar-refractivity contribution in [1.29, 1.82) is 0 Å². The lowest BCUT2D eigenvalue weighted by molar-refractivity contribution is -0.140. The van der Waals surface area contributed by atoms with E-state index in [2.05, 4.69) is 10.3 Å². The molecule has 2 heterocycles. The number of aliphatic hydroxyl groups is 1. The fourth-order valence-electron chi connectivity index (χ4n) is 1.93. The van der Waals surface area contributed by atoms with E-state index in [0.717, 1.165) is 18.7 Å². The predicted molar refractivity (Wildman–Crippen MR) is 63.4 cm³/mol. The van der Waals surface area contributed by atoms with Crippen LogP contribution in [0.2, 0.25) is 0 Å². The van der Waals surface area contributed by atoms with E-state index in [0.29, 0.717) is 19.5 Å². The molecule has 1 unspecified atom stereocenters. The van der Waals surface area contributed by atoms with Gasteiger partial charge in [0.25, 0.3) is 5.91 Å². The van der Waals surface area contributed by atoms with Gasteiger partial charge < -0.3 is 15.3 Å². The molecule has 1 saturated heterocycles. The van der Waals surface area contributed by atoms with Crippen molar-refractivity contribution in [3.05, 3.63) is 30.1 Å². The van der Waals surface area contributed by atoms with Gasteiger partial charge in [0.05, 0.1) is 0 Å². The summed E-state index contributed by atoms with van der Waals surface area (Å²) in [5.41, 5.74) is 0.927. The van der Waals surface area contributed by atoms with Crippen LogP contribution in [0.4, 0.5) is 0 Å². The lowest BCUT2D eigenvalue weighted by atomic mass is 10.1. The molecule has 5 heteroatoms. The molecule has 0 spiro atoms. The third-order valence-electron chi connectivity index (χ3n) is 2.89. The van der Waals surface area contributed by atoms with Crippen molar-refractivity contribution in [2.24, 2.45) is 0 Å². The van der Waals surface area contributed by atoms with E-state index in [1.165, 1.54) is 0 Å². The summed E-state index contributed by atoms with van der Waals surface area (Å²) in [5, 5.41) is 13.1. The first-order valence-electron chi connectivity index (χ1n) is 5.84. The average molecular weight is 235 g/mol. The number of carbonyl (C=O) groups is 1. The Morgan fingerprint density at radius 2 is 2.06 bits per heavy atom. The molecule has 0 aromatic carbocycles. The van der Waals surface area contributed by atoms with Crippen molar-refractivity contribution in [3.63, 3.8) is 0 Å². The summed E-state index contributed by atoms with van der Waals surface area (Å²) in [7, 11) is 0. The summed E-state index contributed by atoms with van der Waals surface area (Å²) in [4.78, 5) is 17.5. The Balaban J connectivity index is 1.90. The largest absolute Gasteiger partial charge is 0.383 e. The molecule has 0 radical (unpaired) electrons. The molecule has 2 rings (SSSR count). The molecule has 0 saturated carbocycles. The van der Waals surface area contributed by atoms with E-state index in [4.69, 9.17) is 0 Å². The molecule has 1 amide bonds. The molecule has 92 valence electrons. The highest BCUT2D eigenvalue weighted by Crippen LogP contribution is 2.05. The maximum atomic E-state index is 11.9. The van der Waals surface area contributed by atoms with Crippen LogP contribution in [-0.4, -0.2) is 53.2 Å². The van der Waals surface area contributed by atoms with Crippen molar-refractivity contribution < 1.29 is 9.90 Å². The number of amides is 1. The third kappa shape index (κ3) is 3.25. The third-order valence-corrected chi connectivity index (χ3v) is 2.89. The van der Waals surface area contributed by atoms with Crippen LogP contribution in [0.5, 0.6) is 0 Å². The molecule has 0 bridgehead atoms. The van der Waals surface area contributed by atoms with Gasteiger partial charge in [-0.2, -0.15) is 0 Å². The van der Waals surface area contributed by atoms with Gasteiger partial charge in [0.2, 0.25) is 0 Å². The van der Waals surface area contributed by atoms with Gasteiger partial charge in [-0.25, -0.2) is 0 Å². The van der Waals surface area contributed by atoms with Crippen molar-refractivity contribution in [2.75, 3.05) is 26.2 Å². The van der Waals surface area contributed by atoms with E-state index in [1.54, 1.807) is 17.3 Å². The molecule has 1 aliphatic rings. The number of pyridine rings is 1. The number of aliphatic hydroxyl groups excluding tert-OH is 1. The Morgan fingerprint density at radius 1 is 1.41 bits per heavy atom. The number of aromatic nitrogens is 1. The van der Waals surface area contributed by atoms with E-state index >= 15 is 0 Å². The first kappa shape index (κ1) is 12.0. The van der Waals surface area contributed by atoms with E-state index < -0.39 is 6.10 Å². The molecule has 2 N–H and O–H groups in total. The lowest BCUT2D eigenvalue weighted by Crippen LogP contribution is -2.50. The van der Waals surface area contributed by atoms with Crippen LogP contribution in [0.1, 0.15) is 5.56 Å². The van der Waals surface area contributed by atoms with Crippen molar-refractivity contribution >= 4 is 5.91 Å². The minimum atomic E-state index is -0.949. The zero-order valence-electron chi connectivity index (χ0n) is 9.67. The maximum Gasteiger partial charge on any atom is 0.251 e. The van der Waals surface area contributed by atoms with Crippen LogP contribution < -0.4 is 5.32 Å². The number of rotatable bonds is 3. The normalized spacial score (nSPS) is 17.8. The highest BCUT2D eigenvalue weighted by molar-refractivity contribution is 5.81. The predicted octanol–water partition coefficient (Wildman–Crippen LogP) is -0.583. The highest BCUT2D eigenvalue weighted by Gasteiger charge is 2.23. The van der Waals surface area contributed by atoms with Gasteiger partial charge in [-0.1, -0.05) is 0 Å². The van der Waals surface area contributed by atoms with Gasteiger partial charge in [-0.3, -0.25) is 9.78 Å². The number of piperazine rings is 1. The molecular formula is C12H17N3O2. The summed E-state index contributed by atoms with van der Waals surface area (Å²) < 4.78 is 0. The fraction of sp³-hybridized carbons (Fsp3) is 0.500. The zero-order valence-corrected chi connectivity index (χ0v) is 9.67. The number of hydrogen-bond donors (Lipinski definition) is 2. The highest BCUT2D eigenvalue weighted by atomic mass is 16.3. The van der Waals surface area contributed by atoms with Crippen LogP contribution >= 0.6 is 0 Å². The molecule has 1 aromatic heterocycles. The Kier molecular flexibility index (Phi) is 4.06. The lowest BCUT2D eigenvalue weighted by Gasteiger charge is -2.29. The Hall–Kier alpha value is -1.46. The molecule has 1 aromatic rings. The summed E-state index contributed by atoms with van der Waals surface area (Å²) in [5.74, 6) is -0.177. The molecular weight excluding hydrogens is 218 g/mol. The first-order chi connectivity index (χ1) is 8.27. The molecule has 0 aliphatic carbocycles. The maximum absolute atomic E-state index is 11.9. The molecule has 1 fully saturated rings. The second-order valence-electron chi connectivity index (χ2n) is 4.15. The summed E-state index contributed by atoms with van der Waals surface area (Å²) >= 11 is 0. The quantitative estimate of drug-likeness (QED) is 0.735. The van der Waals surface area contributed by atoms with Crippen LogP contribution in [0, 0.1) is 0 Å². The standard InChI is InChI=1S/C12H17N3O2/c16-11(9-10-1-3-13-4-2-10)12(17)15-7-5-14-6-8-15/h1-4,11,14,16H,5-9H2. The summed E-state index contributed by atoms with van der Waals surface area (Å²) in [6.07, 6.45) is 2.73. The van der Waals surface area contributed by atoms with Crippen molar-refractivity contribution in [1.82, 2.24) is 15.2 Å². The molecule has 1 aliphatic heterocycles. The first-order valence-corrected chi connectivity index (χ1v) is 5.84. The van der Waals surface area contributed by atoms with Gasteiger partial charge in [0, 0.05) is 45.0 Å². The molecule has 1 atom stereocenters. The summed E-state index contributed by atoms with van der Waals surface area (Å²) in [6.45, 7) is 2.94. The van der Waals surface area contributed by atoms with Gasteiger partial charge in [-0.15, -0.1) is 0 Å². The zero-order chi connectivity index (χ0) is 12.1. The Bertz CT molecular complexity index is 363. The average Bonchev–Trinajstić information content (AvgIpc) is 2.40. The van der Waals surface area contributed by atoms with E-state index in [-0.39, 0.29) is 5.91 Å². The number of nitrogens with one attached hydrogen (secondary N) is 1. The van der Waals surface area contributed by atoms with Crippen LogP contribution in [-0.2, 0) is 11.2 Å². The number of hydrogen-bond acceptors (Lipinski definition) is 4. The minimum Gasteiger partial charge on any atom is -0.383 e. The SMILES string of the molecule is O=C(C(O)Cc1ccncc1)N1CCNCC1. The minimum absolute atomic E-state index is 0.177. The van der Waals surface area contributed by atoms with Crippen LogP contribution in [0.3, 0.4) is 0 Å². The topological polar surface area (TPSA) is 65.5 Å². The van der Waals surface area contributed by atoms with Gasteiger partial charge in [0.15, 0.2) is 0 Å². The second-order valence-corrected chi connectivity index (χ2v) is 4.15. The number of nitrogens with zero attached hydrogens (tertiary/aromatic N) is 2.